The fraction of sp³-hybridized carbons (Fsp3) is 0.167. The fourth-order valence-corrected chi connectivity index (χ4v) is 0.972. The summed E-state index contributed by atoms with van der Waals surface area (Å²) >= 11 is 5.57. The molecule has 0 fully saturated rings. The maximum atomic E-state index is 10.3. The van der Waals surface area contributed by atoms with E-state index in [-0.39, 0.29) is 16.4 Å². The van der Waals surface area contributed by atoms with Crippen LogP contribution in [0.1, 0.15) is 5.69 Å². The number of pyridine rings is 1. The molecule has 0 aliphatic rings. The molecule has 0 spiro atoms. The van der Waals surface area contributed by atoms with Gasteiger partial charge in [-0.2, -0.15) is 0 Å². The lowest BCUT2D eigenvalue weighted by Gasteiger charge is -1.94. The molecular weight excluding hydrogens is 184 g/mol. The molecule has 0 aliphatic carbocycles. The Hall–Kier alpha value is -1.36. The normalized spacial score (nSPS) is 9.83. The predicted octanol–water partition coefficient (Wildman–Crippen LogP) is 1.08. The highest BCUT2D eigenvalue weighted by Gasteiger charge is 2.21. The monoisotopic (exact) mass is 189 g/mol. The maximum absolute atomic E-state index is 10.3. The summed E-state index contributed by atoms with van der Waals surface area (Å²) in [6.45, 7) is 1.48. The topological polar surface area (TPSA) is 67.2 Å². The van der Waals surface area contributed by atoms with Crippen molar-refractivity contribution in [3.05, 3.63) is 33.1 Å². The molecule has 0 aliphatic heterocycles. The number of hydrogen-bond acceptors (Lipinski definition) is 3. The third-order valence-electron chi connectivity index (χ3n) is 1.46. The average molecular weight is 190 g/mol. The molecule has 1 aromatic heterocycles. The first-order chi connectivity index (χ1) is 5.54. The first-order valence-electron chi connectivity index (χ1n) is 3.08. The Bertz CT molecular complexity index is 340. The van der Waals surface area contributed by atoms with E-state index in [1.54, 1.807) is 0 Å². The Kier molecular flexibility index (Phi) is 2.14. The molecule has 12 heavy (non-hydrogen) atoms. The summed E-state index contributed by atoms with van der Waals surface area (Å²) in [4.78, 5) is 9.71. The van der Waals surface area contributed by atoms with E-state index >= 15 is 0 Å². The minimum Gasteiger partial charge on any atom is -0.285 e. The average Bonchev–Trinajstić information content (AvgIpc) is 2.00. The summed E-state index contributed by atoms with van der Waals surface area (Å²) in [5.74, 6) is 0. The van der Waals surface area contributed by atoms with Crippen LogP contribution >= 0.6 is 11.6 Å². The Morgan fingerprint density at radius 1 is 1.75 bits per heavy atom. The minimum atomic E-state index is -0.602. The smallest absolute Gasteiger partial charge is 0.285 e. The van der Waals surface area contributed by atoms with Gasteiger partial charge in [-0.05, 0) is 0 Å². The number of nitro groups is 1. The molecule has 1 aromatic rings. The van der Waals surface area contributed by atoms with Crippen LogP contribution in [0.15, 0.2) is 12.3 Å². The van der Waals surface area contributed by atoms with Crippen molar-refractivity contribution in [2.75, 3.05) is 0 Å². The van der Waals surface area contributed by atoms with Gasteiger partial charge in [-0.1, -0.05) is 11.6 Å². The van der Waals surface area contributed by atoms with Gasteiger partial charge >= 0.3 is 5.69 Å². The summed E-state index contributed by atoms with van der Waals surface area (Å²) in [6.07, 6.45) is 1.17. The molecule has 0 radical (unpaired) electrons. The molecule has 5 nitrogen and oxygen atoms in total. The zero-order valence-electron chi connectivity index (χ0n) is 6.19. The zero-order chi connectivity index (χ0) is 9.30. The van der Waals surface area contributed by atoms with Gasteiger partial charge in [0.1, 0.15) is 0 Å². The molecule has 1 N–H and O–H groups in total. The van der Waals surface area contributed by atoms with Crippen LogP contribution in [0.5, 0.6) is 0 Å². The van der Waals surface area contributed by atoms with Crippen LogP contribution in [0.4, 0.5) is 5.69 Å². The highest BCUT2D eigenvalue weighted by Crippen LogP contribution is 2.23. The van der Waals surface area contributed by atoms with E-state index < -0.39 is 4.92 Å². The molecule has 64 valence electrons. The van der Waals surface area contributed by atoms with Gasteiger partial charge in [0.15, 0.2) is 5.02 Å². The van der Waals surface area contributed by atoms with Crippen LogP contribution < -0.4 is 4.73 Å². The van der Waals surface area contributed by atoms with Crippen molar-refractivity contribution in [3.8, 4) is 0 Å². The van der Waals surface area contributed by atoms with Gasteiger partial charge in [-0.25, -0.2) is 0 Å². The molecule has 1 rings (SSSR count). The Labute approximate surface area is 72.9 Å². The number of aromatic nitrogens is 1. The van der Waals surface area contributed by atoms with Crippen LogP contribution in [0.25, 0.3) is 0 Å². The van der Waals surface area contributed by atoms with Gasteiger partial charge in [0, 0.05) is 11.7 Å². The van der Waals surface area contributed by atoms with Gasteiger partial charge < -0.3 is 0 Å². The first-order valence-corrected chi connectivity index (χ1v) is 3.46. The summed E-state index contributed by atoms with van der Waals surface area (Å²) in [5.41, 5.74) is 0.0327. The van der Waals surface area contributed by atoms with Crippen LogP contribution in [-0.2, 0) is 0 Å². The van der Waals surface area contributed by atoms with Crippen molar-refractivity contribution in [2.45, 2.75) is 6.92 Å². The number of hydrogen-bond donors (Lipinski definition) is 1. The molecule has 0 atom stereocenters. The Morgan fingerprint density at radius 2 is 2.33 bits per heavy atom. The molecule has 0 saturated heterocycles. The van der Waals surface area contributed by atoms with Crippen LogP contribution in [-0.4, -0.2) is 10.1 Å². The lowest BCUT2D eigenvalue weighted by molar-refractivity contribution is -0.908. The van der Waals surface area contributed by atoms with E-state index in [1.165, 1.54) is 13.1 Å². The van der Waals surface area contributed by atoms with E-state index in [1.807, 2.05) is 0 Å². The maximum Gasteiger partial charge on any atom is 0.300 e. The first kappa shape index (κ1) is 8.73. The third-order valence-corrected chi connectivity index (χ3v) is 1.92. The van der Waals surface area contributed by atoms with Crippen LogP contribution in [0.2, 0.25) is 5.02 Å². The second-order valence-corrected chi connectivity index (χ2v) is 2.58. The van der Waals surface area contributed by atoms with E-state index in [2.05, 4.69) is 0 Å². The predicted molar refractivity (Wildman–Crippen MR) is 40.2 cm³/mol. The number of rotatable bonds is 1. The molecule has 0 unspecified atom stereocenters. The fourth-order valence-electron chi connectivity index (χ4n) is 0.753. The zero-order valence-corrected chi connectivity index (χ0v) is 6.95. The summed E-state index contributed by atoms with van der Waals surface area (Å²) < 4.78 is 0.731. The second-order valence-electron chi connectivity index (χ2n) is 2.20. The molecular formula is C6H6ClN2O3+. The largest absolute Gasteiger partial charge is 0.300 e. The van der Waals surface area contributed by atoms with E-state index in [9.17, 15) is 10.1 Å². The second kappa shape index (κ2) is 2.94. The van der Waals surface area contributed by atoms with E-state index in [4.69, 9.17) is 16.8 Å². The van der Waals surface area contributed by atoms with E-state index in [0.29, 0.717) is 0 Å². The van der Waals surface area contributed by atoms with Crippen molar-refractivity contribution in [1.29, 1.82) is 0 Å². The molecule has 0 aromatic carbocycles. The van der Waals surface area contributed by atoms with E-state index in [0.717, 1.165) is 10.8 Å². The molecule has 0 bridgehead atoms. The van der Waals surface area contributed by atoms with Gasteiger partial charge in [0.25, 0.3) is 5.69 Å². The summed E-state index contributed by atoms with van der Waals surface area (Å²) in [7, 11) is 0. The highest BCUT2D eigenvalue weighted by molar-refractivity contribution is 6.33. The number of nitrogens with zero attached hydrogens (tertiary/aromatic N) is 2. The Balaban J connectivity index is 3.36. The molecule has 6 heteroatoms. The SMILES string of the molecule is Cc1c(Cl)c([N+](=O)[O-])cc[n+]1O. The van der Waals surface area contributed by atoms with Crippen molar-refractivity contribution < 1.29 is 14.9 Å². The van der Waals surface area contributed by atoms with Gasteiger partial charge in [0.2, 0.25) is 6.20 Å². The number of halogens is 1. The van der Waals surface area contributed by atoms with Crippen molar-refractivity contribution >= 4 is 17.3 Å². The minimum absolute atomic E-state index is 0.0509. The van der Waals surface area contributed by atoms with Crippen LogP contribution in [0, 0.1) is 17.0 Å². The quantitative estimate of drug-likeness (QED) is 0.311. The lowest BCUT2D eigenvalue weighted by Crippen LogP contribution is -2.33. The van der Waals surface area contributed by atoms with Crippen molar-refractivity contribution in [1.82, 2.24) is 0 Å². The molecule has 1 heterocycles. The van der Waals surface area contributed by atoms with Gasteiger partial charge in [0.05, 0.1) is 11.0 Å². The van der Waals surface area contributed by atoms with Crippen molar-refractivity contribution in [3.63, 3.8) is 0 Å². The lowest BCUT2D eigenvalue weighted by atomic mass is 10.3. The van der Waals surface area contributed by atoms with Crippen molar-refractivity contribution in [2.24, 2.45) is 0 Å². The summed E-state index contributed by atoms with van der Waals surface area (Å²) in [5, 5.41) is 19.3. The van der Waals surface area contributed by atoms with Crippen LogP contribution in [0.3, 0.4) is 0 Å². The standard InChI is InChI=1S/C6H6ClN2O3/c1-4-6(7)5(9(11)12)2-3-8(4)10/h2-3,10H,1H3/q+1. The summed E-state index contributed by atoms with van der Waals surface area (Å²) in [6, 6.07) is 1.13. The van der Waals surface area contributed by atoms with Gasteiger partial charge in [-0.15, -0.1) is 0 Å². The highest BCUT2D eigenvalue weighted by atomic mass is 35.5. The molecule has 0 amide bonds. The Morgan fingerprint density at radius 3 is 2.83 bits per heavy atom. The van der Waals surface area contributed by atoms with Gasteiger partial charge in [-0.3, -0.25) is 15.3 Å². The molecule has 0 saturated carbocycles. The third kappa shape index (κ3) is 1.31.